The molecule has 0 saturated heterocycles. The predicted molar refractivity (Wildman–Crippen MR) is 131 cm³/mol. The Labute approximate surface area is 193 Å². The third-order valence-corrected chi connectivity index (χ3v) is 5.94. The minimum absolute atomic E-state index is 0.0548. The van der Waals surface area contributed by atoms with Gasteiger partial charge in [0.1, 0.15) is 12.1 Å². The number of aryl methyl sites for hydroxylation is 4. The van der Waals surface area contributed by atoms with E-state index in [1.165, 1.54) is 10.2 Å². The van der Waals surface area contributed by atoms with Gasteiger partial charge in [-0.2, -0.15) is 10.2 Å². The van der Waals surface area contributed by atoms with E-state index in [2.05, 4.69) is 15.5 Å². The van der Waals surface area contributed by atoms with E-state index < -0.39 is 0 Å². The summed E-state index contributed by atoms with van der Waals surface area (Å²) < 4.78 is 2.89. The smallest absolute Gasteiger partial charge is 0.293 e. The van der Waals surface area contributed by atoms with Crippen LogP contribution in [0.3, 0.4) is 0 Å². The molecule has 0 unspecified atom stereocenters. The Morgan fingerprint density at radius 3 is 2.42 bits per heavy atom. The van der Waals surface area contributed by atoms with Crippen LogP contribution in [-0.4, -0.2) is 25.5 Å². The van der Waals surface area contributed by atoms with Crippen LogP contribution >= 0.6 is 0 Å². The maximum absolute atomic E-state index is 13.5. The quantitative estimate of drug-likeness (QED) is 0.490. The summed E-state index contributed by atoms with van der Waals surface area (Å²) in [5.74, 6) is -0.248. The van der Waals surface area contributed by atoms with Gasteiger partial charge in [0.05, 0.1) is 17.6 Å². The molecule has 2 aromatic carbocycles. The van der Waals surface area contributed by atoms with Gasteiger partial charge >= 0.3 is 0 Å². The number of anilines is 1. The Balaban J connectivity index is 1.78. The zero-order valence-electron chi connectivity index (χ0n) is 19.9. The van der Waals surface area contributed by atoms with Crippen molar-refractivity contribution < 1.29 is 4.79 Å². The number of nitrogens with one attached hydrogen (secondary N) is 1. The lowest BCUT2D eigenvalue weighted by Gasteiger charge is -2.13. The van der Waals surface area contributed by atoms with Crippen molar-refractivity contribution in [2.45, 2.75) is 54.0 Å². The van der Waals surface area contributed by atoms with Crippen molar-refractivity contribution in [3.63, 3.8) is 0 Å². The molecule has 0 radical (unpaired) electrons. The minimum atomic E-state index is -0.346. The largest absolute Gasteiger partial charge is 0.324 e. The molecule has 0 aliphatic heterocycles. The summed E-state index contributed by atoms with van der Waals surface area (Å²) in [4.78, 5) is 26.3. The van der Waals surface area contributed by atoms with E-state index in [9.17, 15) is 9.59 Å². The number of carbonyl (C=O) groups excluding carboxylic acids is 1. The Morgan fingerprint density at radius 1 is 1.00 bits per heavy atom. The van der Waals surface area contributed by atoms with Crippen LogP contribution in [-0.2, 0) is 11.3 Å². The van der Waals surface area contributed by atoms with E-state index >= 15 is 0 Å². The van der Waals surface area contributed by atoms with Gasteiger partial charge < -0.3 is 5.32 Å². The summed E-state index contributed by atoms with van der Waals surface area (Å²) in [7, 11) is 0. The summed E-state index contributed by atoms with van der Waals surface area (Å²) in [6, 6.07) is 11.8. The lowest BCUT2D eigenvalue weighted by Crippen LogP contribution is -2.31. The molecule has 0 aliphatic rings. The normalized spacial score (nSPS) is 11.4. The van der Waals surface area contributed by atoms with Gasteiger partial charge in [0, 0.05) is 11.1 Å². The van der Waals surface area contributed by atoms with Gasteiger partial charge in [0.2, 0.25) is 5.91 Å². The van der Waals surface area contributed by atoms with Crippen LogP contribution in [0.5, 0.6) is 0 Å². The van der Waals surface area contributed by atoms with Crippen molar-refractivity contribution in [2.75, 3.05) is 5.32 Å². The summed E-state index contributed by atoms with van der Waals surface area (Å²) in [5, 5.41) is 12.7. The molecule has 170 valence electrons. The topological polar surface area (TPSA) is 81.8 Å². The lowest BCUT2D eigenvalue weighted by molar-refractivity contribution is -0.117. The van der Waals surface area contributed by atoms with Crippen molar-refractivity contribution in [3.05, 3.63) is 80.9 Å². The second-order valence-electron chi connectivity index (χ2n) is 8.96. The van der Waals surface area contributed by atoms with Crippen LogP contribution in [0.1, 0.15) is 47.7 Å². The number of benzene rings is 2. The summed E-state index contributed by atoms with van der Waals surface area (Å²) in [5.41, 5.74) is 6.71. The molecule has 2 aromatic heterocycles. The Morgan fingerprint density at radius 2 is 1.76 bits per heavy atom. The standard InChI is InChI=1S/C26H29N5O2/c1-15(2)24-21-13-27-31(20-9-8-17(4)18(5)12-20)25(21)26(33)30(29-24)14-23(32)28-22-10-7-16(3)11-19(22)6/h7-13,15H,14H2,1-6H3,(H,28,32). The monoisotopic (exact) mass is 443 g/mol. The number of hydrogen-bond donors (Lipinski definition) is 1. The van der Waals surface area contributed by atoms with Crippen LogP contribution in [0, 0.1) is 27.7 Å². The summed E-state index contributed by atoms with van der Waals surface area (Å²) in [6.45, 7) is 11.9. The molecule has 1 N–H and O–H groups in total. The van der Waals surface area contributed by atoms with Crippen LogP contribution < -0.4 is 10.9 Å². The zero-order chi connectivity index (χ0) is 23.9. The zero-order valence-corrected chi connectivity index (χ0v) is 19.9. The van der Waals surface area contributed by atoms with Crippen molar-refractivity contribution in [3.8, 4) is 5.69 Å². The number of hydrogen-bond acceptors (Lipinski definition) is 4. The van der Waals surface area contributed by atoms with Crippen LogP contribution in [0.2, 0.25) is 0 Å². The van der Waals surface area contributed by atoms with Gasteiger partial charge in [-0.15, -0.1) is 0 Å². The molecule has 0 bridgehead atoms. The van der Waals surface area contributed by atoms with E-state index in [-0.39, 0.29) is 23.9 Å². The molecular weight excluding hydrogens is 414 g/mol. The molecule has 0 aliphatic carbocycles. The highest BCUT2D eigenvalue weighted by molar-refractivity contribution is 5.91. The number of amides is 1. The molecule has 2 heterocycles. The van der Waals surface area contributed by atoms with E-state index in [1.54, 1.807) is 10.9 Å². The van der Waals surface area contributed by atoms with Gasteiger partial charge in [-0.05, 0) is 68.5 Å². The predicted octanol–water partition coefficient (Wildman–Crippen LogP) is 4.58. The molecule has 0 saturated carbocycles. The maximum atomic E-state index is 13.5. The highest BCUT2D eigenvalue weighted by atomic mass is 16.2. The van der Waals surface area contributed by atoms with Gasteiger partial charge in [-0.1, -0.05) is 37.6 Å². The van der Waals surface area contributed by atoms with Crippen LogP contribution in [0.4, 0.5) is 5.69 Å². The second kappa shape index (κ2) is 8.65. The first-order valence-corrected chi connectivity index (χ1v) is 11.1. The molecule has 0 spiro atoms. The van der Waals surface area contributed by atoms with Crippen molar-refractivity contribution in [2.24, 2.45) is 0 Å². The number of nitrogens with zero attached hydrogens (tertiary/aromatic N) is 4. The molecule has 0 fully saturated rings. The van der Waals surface area contributed by atoms with Crippen LogP contribution in [0.15, 0.2) is 47.4 Å². The molecular formula is C26H29N5O2. The maximum Gasteiger partial charge on any atom is 0.293 e. The van der Waals surface area contributed by atoms with Gasteiger partial charge in [0.15, 0.2) is 0 Å². The van der Waals surface area contributed by atoms with E-state index in [4.69, 9.17) is 0 Å². The second-order valence-corrected chi connectivity index (χ2v) is 8.96. The van der Waals surface area contributed by atoms with E-state index in [0.717, 1.165) is 33.8 Å². The Kier molecular flexibility index (Phi) is 5.89. The highest BCUT2D eigenvalue weighted by Crippen LogP contribution is 2.24. The average molecular weight is 444 g/mol. The lowest BCUT2D eigenvalue weighted by atomic mass is 10.1. The minimum Gasteiger partial charge on any atom is -0.324 e. The van der Waals surface area contributed by atoms with E-state index in [1.807, 2.05) is 77.9 Å². The number of rotatable bonds is 5. The highest BCUT2D eigenvalue weighted by Gasteiger charge is 2.20. The van der Waals surface area contributed by atoms with Gasteiger partial charge in [0.25, 0.3) is 5.56 Å². The molecule has 7 nitrogen and oxygen atoms in total. The summed E-state index contributed by atoms with van der Waals surface area (Å²) >= 11 is 0. The number of aromatic nitrogens is 4. The van der Waals surface area contributed by atoms with Gasteiger partial charge in [-0.3, -0.25) is 9.59 Å². The molecule has 7 heteroatoms. The molecule has 4 rings (SSSR count). The average Bonchev–Trinajstić information content (AvgIpc) is 3.19. The first-order valence-electron chi connectivity index (χ1n) is 11.1. The molecule has 4 aromatic rings. The molecule has 0 atom stereocenters. The van der Waals surface area contributed by atoms with Gasteiger partial charge in [-0.25, -0.2) is 9.36 Å². The summed E-state index contributed by atoms with van der Waals surface area (Å²) in [6.07, 6.45) is 1.69. The van der Waals surface area contributed by atoms with E-state index in [0.29, 0.717) is 10.9 Å². The van der Waals surface area contributed by atoms with Crippen molar-refractivity contribution in [1.82, 2.24) is 19.6 Å². The third kappa shape index (κ3) is 4.31. The third-order valence-electron chi connectivity index (χ3n) is 5.94. The fourth-order valence-corrected chi connectivity index (χ4v) is 3.96. The number of fused-ring (bicyclic) bond motifs is 1. The Hall–Kier alpha value is -3.74. The first kappa shape index (κ1) is 22.5. The molecule has 33 heavy (non-hydrogen) atoms. The first-order chi connectivity index (χ1) is 15.7. The number of carbonyl (C=O) groups is 1. The van der Waals surface area contributed by atoms with Crippen LogP contribution in [0.25, 0.3) is 16.6 Å². The van der Waals surface area contributed by atoms with Crippen molar-refractivity contribution >= 4 is 22.5 Å². The molecule has 1 amide bonds. The Bertz CT molecular complexity index is 1430. The fraction of sp³-hybridized carbons (Fsp3) is 0.308. The SMILES string of the molecule is Cc1ccc(NC(=O)Cn2nc(C(C)C)c3cnn(-c4ccc(C)c(C)c4)c3c2=O)c(C)c1. The van der Waals surface area contributed by atoms with Crippen molar-refractivity contribution in [1.29, 1.82) is 0 Å². The fourth-order valence-electron chi connectivity index (χ4n) is 3.96.